The summed E-state index contributed by atoms with van der Waals surface area (Å²) in [5.41, 5.74) is -1.41. The van der Waals surface area contributed by atoms with Crippen molar-refractivity contribution in [1.29, 1.82) is 0 Å². The molecule has 0 radical (unpaired) electrons. The quantitative estimate of drug-likeness (QED) is 0.593. The Balaban J connectivity index is 4.21. The summed E-state index contributed by atoms with van der Waals surface area (Å²) in [6.07, 6.45) is 0.179. The third kappa shape index (κ3) is 10.4. The van der Waals surface area contributed by atoms with Crippen LogP contribution in [-0.4, -0.2) is 51.0 Å². The summed E-state index contributed by atoms with van der Waals surface area (Å²) < 4.78 is 5.04. The molecule has 0 fully saturated rings. The highest BCUT2D eigenvalue weighted by molar-refractivity contribution is 7.99. The number of rotatable bonds is 8. The number of carbonyl (C=O) groups excluding carboxylic acids is 1. The molecule has 0 aliphatic rings. The van der Waals surface area contributed by atoms with Gasteiger partial charge in [-0.3, -0.25) is 0 Å². The van der Waals surface area contributed by atoms with Crippen LogP contribution in [0.3, 0.4) is 0 Å². The van der Waals surface area contributed by atoms with Crippen LogP contribution in [0.5, 0.6) is 0 Å². The highest BCUT2D eigenvalue weighted by Crippen LogP contribution is 2.17. The van der Waals surface area contributed by atoms with Gasteiger partial charge in [-0.15, -0.1) is 0 Å². The molecule has 0 aromatic rings. The van der Waals surface area contributed by atoms with Gasteiger partial charge in [0.25, 0.3) is 0 Å². The van der Waals surface area contributed by atoms with E-state index in [2.05, 4.69) is 5.32 Å². The summed E-state index contributed by atoms with van der Waals surface area (Å²) in [5.74, 6) is -0.0331. The van der Waals surface area contributed by atoms with Crippen molar-refractivity contribution in [2.24, 2.45) is 0 Å². The lowest BCUT2D eigenvalue weighted by atomic mass is 10.1. The Morgan fingerprint density at radius 2 is 1.86 bits per heavy atom. The van der Waals surface area contributed by atoms with Gasteiger partial charge in [-0.05, 0) is 46.3 Å². The molecule has 7 heteroatoms. The average molecular weight is 321 g/mol. The molecule has 0 rings (SSSR count). The summed E-state index contributed by atoms with van der Waals surface area (Å²) in [4.78, 5) is 22.7. The zero-order valence-electron chi connectivity index (χ0n) is 13.4. The summed E-state index contributed by atoms with van der Waals surface area (Å²) >= 11 is 1.47. The fourth-order valence-electron chi connectivity index (χ4n) is 1.30. The van der Waals surface area contributed by atoms with Crippen LogP contribution in [0.1, 0.15) is 47.5 Å². The molecular formula is C14H27NO5S. The number of aliphatic hydroxyl groups is 1. The van der Waals surface area contributed by atoms with Gasteiger partial charge in [-0.2, -0.15) is 11.8 Å². The van der Waals surface area contributed by atoms with Crippen molar-refractivity contribution >= 4 is 23.8 Å². The van der Waals surface area contributed by atoms with Crippen LogP contribution in [0.2, 0.25) is 0 Å². The number of carboxylic acids is 1. The zero-order valence-corrected chi connectivity index (χ0v) is 14.2. The molecule has 2 unspecified atom stereocenters. The van der Waals surface area contributed by atoms with Gasteiger partial charge in [-0.25, -0.2) is 9.59 Å². The number of hydrogen-bond donors (Lipinski definition) is 3. The van der Waals surface area contributed by atoms with Crippen LogP contribution < -0.4 is 5.32 Å². The normalized spacial score (nSPS) is 15.9. The lowest BCUT2D eigenvalue weighted by Crippen LogP contribution is -2.43. The van der Waals surface area contributed by atoms with Crippen molar-refractivity contribution in [3.63, 3.8) is 0 Å². The van der Waals surface area contributed by atoms with Crippen LogP contribution in [0.25, 0.3) is 0 Å². The highest BCUT2D eigenvalue weighted by Gasteiger charge is 2.24. The maximum absolute atomic E-state index is 11.6. The van der Waals surface area contributed by atoms with E-state index in [0.717, 1.165) is 0 Å². The number of hydrogen-bond acceptors (Lipinski definition) is 5. The van der Waals surface area contributed by atoms with Crippen molar-refractivity contribution in [1.82, 2.24) is 5.32 Å². The SMILES string of the molecule is CCC(C)(O)CSCCC(NC(=O)OC(C)(C)C)C(=O)O. The summed E-state index contributed by atoms with van der Waals surface area (Å²) in [6.45, 7) is 8.78. The molecule has 0 aliphatic heterocycles. The number of carbonyl (C=O) groups is 2. The fraction of sp³-hybridized carbons (Fsp3) is 0.857. The first-order chi connectivity index (χ1) is 9.47. The maximum atomic E-state index is 11.6. The van der Waals surface area contributed by atoms with Crippen molar-refractivity contribution in [3.8, 4) is 0 Å². The third-order valence-corrected chi connectivity index (χ3v) is 4.07. The summed E-state index contributed by atoms with van der Waals surface area (Å²) in [5, 5.41) is 21.3. The van der Waals surface area contributed by atoms with E-state index in [1.807, 2.05) is 6.92 Å². The predicted octanol–water partition coefficient (Wildman–Crippen LogP) is 2.25. The third-order valence-electron chi connectivity index (χ3n) is 2.71. The minimum Gasteiger partial charge on any atom is -0.480 e. The number of amides is 1. The van der Waals surface area contributed by atoms with Crippen LogP contribution in [0, 0.1) is 0 Å². The Kier molecular flexibility index (Phi) is 8.10. The van der Waals surface area contributed by atoms with E-state index in [0.29, 0.717) is 17.9 Å². The van der Waals surface area contributed by atoms with Gasteiger partial charge in [0, 0.05) is 5.75 Å². The van der Waals surface area contributed by atoms with Crippen LogP contribution in [0.15, 0.2) is 0 Å². The van der Waals surface area contributed by atoms with Gasteiger partial charge in [0.2, 0.25) is 0 Å². The molecule has 0 heterocycles. The van der Waals surface area contributed by atoms with E-state index >= 15 is 0 Å². The zero-order chi connectivity index (χ0) is 16.7. The van der Waals surface area contributed by atoms with Crippen LogP contribution in [0.4, 0.5) is 4.79 Å². The molecule has 6 nitrogen and oxygen atoms in total. The molecule has 1 amide bonds. The van der Waals surface area contributed by atoms with Crippen LogP contribution >= 0.6 is 11.8 Å². The summed E-state index contributed by atoms with van der Waals surface area (Å²) in [6, 6.07) is -0.987. The average Bonchev–Trinajstić information content (AvgIpc) is 2.30. The van der Waals surface area contributed by atoms with Gasteiger partial charge in [0.15, 0.2) is 0 Å². The van der Waals surface area contributed by atoms with E-state index in [1.54, 1.807) is 27.7 Å². The van der Waals surface area contributed by atoms with Crippen molar-refractivity contribution in [2.75, 3.05) is 11.5 Å². The standard InChI is InChI=1S/C14H27NO5S/c1-6-14(5,19)9-21-8-7-10(11(16)17)15-12(18)20-13(2,3)4/h10,19H,6-9H2,1-5H3,(H,15,18)(H,16,17). The molecule has 0 saturated heterocycles. The first-order valence-electron chi connectivity index (χ1n) is 6.99. The topological polar surface area (TPSA) is 95.9 Å². The van der Waals surface area contributed by atoms with E-state index in [9.17, 15) is 14.7 Å². The smallest absolute Gasteiger partial charge is 0.408 e. The Hall–Kier alpha value is -0.950. The molecule has 0 saturated carbocycles. The number of carboxylic acid groups (broad SMARTS) is 1. The Morgan fingerprint density at radius 3 is 2.29 bits per heavy atom. The molecule has 0 spiro atoms. The second kappa shape index (κ2) is 8.48. The molecule has 0 aromatic heterocycles. The Bertz CT molecular complexity index is 352. The molecule has 3 N–H and O–H groups in total. The second-order valence-corrected chi connectivity index (χ2v) is 7.33. The number of nitrogens with one attached hydrogen (secondary N) is 1. The van der Waals surface area contributed by atoms with Gasteiger partial charge in [0.05, 0.1) is 5.60 Å². The summed E-state index contributed by atoms with van der Waals surface area (Å²) in [7, 11) is 0. The number of ether oxygens (including phenoxy) is 1. The van der Waals surface area contributed by atoms with Crippen molar-refractivity contribution in [3.05, 3.63) is 0 Å². The maximum Gasteiger partial charge on any atom is 0.408 e. The lowest BCUT2D eigenvalue weighted by Gasteiger charge is -2.23. The van der Waals surface area contributed by atoms with E-state index in [1.165, 1.54) is 11.8 Å². The minimum absolute atomic E-state index is 0.277. The molecule has 0 aliphatic carbocycles. The highest BCUT2D eigenvalue weighted by atomic mass is 32.2. The largest absolute Gasteiger partial charge is 0.480 e. The number of alkyl carbamates (subject to hydrolysis) is 1. The second-order valence-electron chi connectivity index (χ2n) is 6.23. The van der Waals surface area contributed by atoms with Crippen molar-refractivity contribution < 1.29 is 24.5 Å². The van der Waals surface area contributed by atoms with Crippen LogP contribution in [-0.2, 0) is 9.53 Å². The Morgan fingerprint density at radius 1 is 1.29 bits per heavy atom. The minimum atomic E-state index is -1.09. The first kappa shape index (κ1) is 20.1. The molecular weight excluding hydrogens is 294 g/mol. The van der Waals surface area contributed by atoms with Gasteiger partial charge in [-0.1, -0.05) is 6.92 Å². The number of aliphatic carboxylic acids is 1. The predicted molar refractivity (Wildman–Crippen MR) is 83.7 cm³/mol. The Labute approximate surface area is 130 Å². The van der Waals surface area contributed by atoms with E-state index in [4.69, 9.17) is 9.84 Å². The first-order valence-corrected chi connectivity index (χ1v) is 8.15. The van der Waals surface area contributed by atoms with Gasteiger partial charge in [0.1, 0.15) is 11.6 Å². The molecule has 2 atom stereocenters. The molecule has 0 aromatic carbocycles. The lowest BCUT2D eigenvalue weighted by molar-refractivity contribution is -0.139. The van der Waals surface area contributed by atoms with E-state index in [-0.39, 0.29) is 6.42 Å². The van der Waals surface area contributed by atoms with Gasteiger partial charge >= 0.3 is 12.1 Å². The van der Waals surface area contributed by atoms with E-state index < -0.39 is 29.3 Å². The fourth-order valence-corrected chi connectivity index (χ4v) is 2.49. The molecule has 21 heavy (non-hydrogen) atoms. The molecule has 0 bridgehead atoms. The monoisotopic (exact) mass is 321 g/mol. The number of thioether (sulfide) groups is 1. The van der Waals surface area contributed by atoms with Gasteiger partial charge < -0.3 is 20.3 Å². The molecule has 124 valence electrons. The van der Waals surface area contributed by atoms with Crippen molar-refractivity contribution in [2.45, 2.75) is 64.7 Å².